The fourth-order valence-corrected chi connectivity index (χ4v) is 2.41. The van der Waals surface area contributed by atoms with Crippen LogP contribution in [-0.2, 0) is 11.3 Å². The van der Waals surface area contributed by atoms with E-state index in [1.807, 2.05) is 36.7 Å². The van der Waals surface area contributed by atoms with E-state index in [0.717, 1.165) is 29.1 Å². The molecule has 0 aliphatic heterocycles. The number of benzene rings is 1. The lowest BCUT2D eigenvalue weighted by Gasteiger charge is -1.97. The molecule has 1 aromatic heterocycles. The second kappa shape index (κ2) is 7.64. The zero-order valence-corrected chi connectivity index (χ0v) is 12.8. The molecule has 0 bridgehead atoms. The molecule has 108 valence electrons. The van der Waals surface area contributed by atoms with Crippen LogP contribution in [0.15, 0.2) is 48.8 Å². The molecule has 2 aromatic rings. The number of anilines is 1. The average molecular weight is 299 g/mol. The Balaban J connectivity index is 1.92. The van der Waals surface area contributed by atoms with Crippen molar-refractivity contribution in [3.05, 3.63) is 59.9 Å². The van der Waals surface area contributed by atoms with Crippen LogP contribution in [-0.4, -0.2) is 10.9 Å². The molecule has 3 nitrogen and oxygen atoms in total. The molecule has 4 heteroatoms. The molecule has 0 radical (unpaired) electrons. The third-order valence-electron chi connectivity index (χ3n) is 2.98. The van der Waals surface area contributed by atoms with Gasteiger partial charge in [0, 0.05) is 24.7 Å². The summed E-state index contributed by atoms with van der Waals surface area (Å²) in [5, 5.41) is 0.165. The van der Waals surface area contributed by atoms with Crippen LogP contribution >= 0.6 is 11.8 Å². The number of aryl methyl sites for hydroxylation is 1. The number of hydrogen-bond donors (Lipinski definition) is 1. The van der Waals surface area contributed by atoms with Gasteiger partial charge >= 0.3 is 0 Å². The maximum Gasteiger partial charge on any atom is 0.186 e. The van der Waals surface area contributed by atoms with E-state index in [1.165, 1.54) is 11.8 Å². The Morgan fingerprint density at radius 2 is 1.67 bits per heavy atom. The highest BCUT2D eigenvalue weighted by Crippen LogP contribution is 2.09. The second-order valence-electron chi connectivity index (χ2n) is 4.71. The summed E-state index contributed by atoms with van der Waals surface area (Å²) in [6.07, 6.45) is 8.19. The molecule has 0 fully saturated rings. The first kappa shape index (κ1) is 15.3. The number of pyridine rings is 1. The van der Waals surface area contributed by atoms with Gasteiger partial charge in [0.05, 0.1) is 5.75 Å². The Labute approximate surface area is 129 Å². The third kappa shape index (κ3) is 5.44. The summed E-state index contributed by atoms with van der Waals surface area (Å²) in [6, 6.07) is 11.9. The summed E-state index contributed by atoms with van der Waals surface area (Å²) in [5.74, 6) is 0.806. The minimum absolute atomic E-state index is 0.165. The highest BCUT2D eigenvalue weighted by Gasteiger charge is 2.01. The van der Waals surface area contributed by atoms with Crippen LogP contribution in [0, 0.1) is 0 Å². The van der Waals surface area contributed by atoms with Crippen molar-refractivity contribution in [3.63, 3.8) is 0 Å². The molecular formula is C17H19N2OS+. The van der Waals surface area contributed by atoms with E-state index < -0.39 is 0 Å². The SMILES string of the molecule is CC(=O)SCC[n+]1ccc(/C=C/c2ccc(N)cc2)cc1. The van der Waals surface area contributed by atoms with E-state index in [2.05, 4.69) is 28.9 Å². The number of thioether (sulfide) groups is 1. The summed E-state index contributed by atoms with van der Waals surface area (Å²) in [4.78, 5) is 10.9. The Morgan fingerprint density at radius 3 is 2.24 bits per heavy atom. The van der Waals surface area contributed by atoms with Crippen LogP contribution in [0.5, 0.6) is 0 Å². The summed E-state index contributed by atoms with van der Waals surface area (Å²) in [5.41, 5.74) is 8.70. The monoisotopic (exact) mass is 299 g/mol. The highest BCUT2D eigenvalue weighted by atomic mass is 32.2. The van der Waals surface area contributed by atoms with Gasteiger partial charge in [-0.3, -0.25) is 4.79 Å². The predicted molar refractivity (Wildman–Crippen MR) is 89.6 cm³/mol. The normalized spacial score (nSPS) is 10.9. The fraction of sp³-hybridized carbons (Fsp3) is 0.176. The number of hydrogen-bond acceptors (Lipinski definition) is 3. The molecule has 0 amide bonds. The number of carbonyl (C=O) groups is 1. The Bertz CT molecular complexity index is 618. The molecule has 0 spiro atoms. The van der Waals surface area contributed by atoms with Crippen LogP contribution in [0.1, 0.15) is 18.1 Å². The van der Waals surface area contributed by atoms with Crippen molar-refractivity contribution in [2.75, 3.05) is 11.5 Å². The Morgan fingerprint density at radius 1 is 1.10 bits per heavy atom. The van der Waals surface area contributed by atoms with Crippen molar-refractivity contribution in [2.45, 2.75) is 13.5 Å². The van der Waals surface area contributed by atoms with Gasteiger partial charge in [0.25, 0.3) is 0 Å². The molecule has 2 N–H and O–H groups in total. The van der Waals surface area contributed by atoms with Gasteiger partial charge in [0.2, 0.25) is 0 Å². The lowest BCUT2D eigenvalue weighted by atomic mass is 10.1. The zero-order valence-electron chi connectivity index (χ0n) is 12.0. The molecule has 2 rings (SSSR count). The van der Waals surface area contributed by atoms with Crippen LogP contribution in [0.25, 0.3) is 12.2 Å². The van der Waals surface area contributed by atoms with Gasteiger partial charge in [-0.15, -0.1) is 0 Å². The summed E-state index contributed by atoms with van der Waals surface area (Å²) in [7, 11) is 0. The minimum atomic E-state index is 0.165. The van der Waals surface area contributed by atoms with E-state index in [1.54, 1.807) is 6.92 Å². The predicted octanol–water partition coefficient (Wildman–Crippen LogP) is 3.01. The lowest BCUT2D eigenvalue weighted by molar-refractivity contribution is -0.692. The molecule has 0 saturated heterocycles. The molecule has 21 heavy (non-hydrogen) atoms. The summed E-state index contributed by atoms with van der Waals surface area (Å²) in [6.45, 7) is 2.44. The van der Waals surface area contributed by atoms with Gasteiger partial charge in [-0.1, -0.05) is 36.0 Å². The van der Waals surface area contributed by atoms with Crippen molar-refractivity contribution in [1.82, 2.24) is 0 Å². The number of carbonyl (C=O) groups excluding carboxylic acids is 1. The highest BCUT2D eigenvalue weighted by molar-refractivity contribution is 8.13. The second-order valence-corrected chi connectivity index (χ2v) is 5.98. The summed E-state index contributed by atoms with van der Waals surface area (Å²) < 4.78 is 2.08. The Hall–Kier alpha value is -2.07. The van der Waals surface area contributed by atoms with Gasteiger partial charge in [-0.25, -0.2) is 4.57 Å². The van der Waals surface area contributed by atoms with Gasteiger partial charge in [0.15, 0.2) is 24.1 Å². The fourth-order valence-electron chi connectivity index (χ4n) is 1.82. The number of nitrogens with zero attached hydrogens (tertiary/aromatic N) is 1. The maximum absolute atomic E-state index is 10.9. The molecule has 0 atom stereocenters. The smallest absolute Gasteiger partial charge is 0.186 e. The van der Waals surface area contributed by atoms with Crippen LogP contribution < -0.4 is 10.3 Å². The van der Waals surface area contributed by atoms with Crippen LogP contribution in [0.4, 0.5) is 5.69 Å². The number of nitrogen functional groups attached to an aromatic ring is 1. The van der Waals surface area contributed by atoms with E-state index in [0.29, 0.717) is 0 Å². The van der Waals surface area contributed by atoms with Crippen molar-refractivity contribution in [3.8, 4) is 0 Å². The molecule has 0 unspecified atom stereocenters. The number of aromatic nitrogens is 1. The van der Waals surface area contributed by atoms with E-state index >= 15 is 0 Å². The first-order chi connectivity index (χ1) is 10.1. The minimum Gasteiger partial charge on any atom is -0.399 e. The maximum atomic E-state index is 10.9. The molecule has 1 heterocycles. The number of nitrogens with two attached hydrogens (primary N) is 1. The quantitative estimate of drug-likeness (QED) is 0.682. The third-order valence-corrected chi connectivity index (χ3v) is 3.77. The standard InChI is InChI=1S/C17H18N2OS/c1-14(20)21-13-12-19-10-8-16(9-11-19)3-2-15-4-6-17(18)7-5-15/h2-11,18H,12-13H2,1H3/p+1. The number of rotatable bonds is 5. The first-order valence-corrected chi connectivity index (χ1v) is 7.78. The largest absolute Gasteiger partial charge is 0.399 e. The molecule has 1 aromatic carbocycles. The summed E-state index contributed by atoms with van der Waals surface area (Å²) >= 11 is 1.36. The average Bonchev–Trinajstić information content (AvgIpc) is 2.48. The first-order valence-electron chi connectivity index (χ1n) is 6.79. The van der Waals surface area contributed by atoms with Crippen molar-refractivity contribution in [1.29, 1.82) is 0 Å². The molecular weight excluding hydrogens is 280 g/mol. The lowest BCUT2D eigenvalue weighted by Crippen LogP contribution is -2.33. The van der Waals surface area contributed by atoms with E-state index in [-0.39, 0.29) is 5.12 Å². The van der Waals surface area contributed by atoms with E-state index in [4.69, 9.17) is 5.73 Å². The van der Waals surface area contributed by atoms with Crippen molar-refractivity contribution in [2.24, 2.45) is 0 Å². The molecule has 0 aliphatic rings. The van der Waals surface area contributed by atoms with E-state index in [9.17, 15) is 4.79 Å². The molecule has 0 aliphatic carbocycles. The van der Waals surface area contributed by atoms with Crippen molar-refractivity contribution < 1.29 is 9.36 Å². The van der Waals surface area contributed by atoms with Crippen LogP contribution in [0.3, 0.4) is 0 Å². The van der Waals surface area contributed by atoms with Gasteiger partial charge < -0.3 is 5.73 Å². The van der Waals surface area contributed by atoms with Gasteiger partial charge in [0.1, 0.15) is 0 Å². The zero-order chi connectivity index (χ0) is 15.1. The van der Waals surface area contributed by atoms with Crippen molar-refractivity contribution >= 4 is 34.7 Å². The van der Waals surface area contributed by atoms with Gasteiger partial charge in [-0.05, 0) is 23.3 Å². The Kier molecular flexibility index (Phi) is 5.58. The van der Waals surface area contributed by atoms with Crippen LogP contribution in [0.2, 0.25) is 0 Å². The van der Waals surface area contributed by atoms with Gasteiger partial charge in [-0.2, -0.15) is 0 Å². The topological polar surface area (TPSA) is 47.0 Å². The molecule has 0 saturated carbocycles.